The zero-order valence-electron chi connectivity index (χ0n) is 9.35. The van der Waals surface area contributed by atoms with E-state index in [0.29, 0.717) is 12.0 Å². The summed E-state index contributed by atoms with van der Waals surface area (Å²) in [5.41, 5.74) is 0.818. The summed E-state index contributed by atoms with van der Waals surface area (Å²) in [5, 5.41) is 0.460. The van der Waals surface area contributed by atoms with Crippen LogP contribution >= 0.6 is 34.8 Å². The average molecular weight is 306 g/mol. The lowest BCUT2D eigenvalue weighted by molar-refractivity contribution is 0.630. The lowest BCUT2D eigenvalue weighted by Crippen LogP contribution is -1.98. The van der Waals surface area contributed by atoms with Gasteiger partial charge < -0.3 is 0 Å². The van der Waals surface area contributed by atoms with Gasteiger partial charge in [0.1, 0.15) is 10.3 Å². The highest BCUT2D eigenvalue weighted by molar-refractivity contribution is 6.34. The van der Waals surface area contributed by atoms with Crippen molar-refractivity contribution in [2.24, 2.45) is 0 Å². The summed E-state index contributed by atoms with van der Waals surface area (Å²) < 4.78 is 13.8. The van der Waals surface area contributed by atoms with Gasteiger partial charge in [0.25, 0.3) is 0 Å². The molecular weight excluding hydrogens is 298 g/mol. The largest absolute Gasteiger partial charge is 0.216 e. The Kier molecular flexibility index (Phi) is 4.05. The molecule has 1 heterocycles. The van der Waals surface area contributed by atoms with Crippen molar-refractivity contribution >= 4 is 34.8 Å². The van der Waals surface area contributed by atoms with E-state index >= 15 is 0 Å². The first-order chi connectivity index (χ1) is 8.54. The Morgan fingerprint density at radius 1 is 1.11 bits per heavy atom. The van der Waals surface area contributed by atoms with Gasteiger partial charge in [-0.3, -0.25) is 0 Å². The lowest BCUT2D eigenvalue weighted by atomic mass is 10.2. The van der Waals surface area contributed by atoms with Crippen LogP contribution in [0, 0.1) is 5.82 Å². The van der Waals surface area contributed by atoms with Gasteiger partial charge >= 0.3 is 0 Å². The predicted octanol–water partition coefficient (Wildman–Crippen LogP) is 4.81. The molecule has 0 unspecified atom stereocenters. The number of hydrogen-bond donors (Lipinski definition) is 0. The van der Waals surface area contributed by atoms with Gasteiger partial charge in [-0.05, 0) is 18.6 Å². The van der Waals surface area contributed by atoms with Crippen molar-refractivity contribution in [3.8, 4) is 11.4 Å². The van der Waals surface area contributed by atoms with E-state index < -0.39 is 5.82 Å². The molecule has 18 heavy (non-hydrogen) atoms. The molecule has 0 aliphatic carbocycles. The first kappa shape index (κ1) is 13.5. The second kappa shape index (κ2) is 5.39. The Hall–Kier alpha value is -0.900. The molecule has 0 fully saturated rings. The van der Waals surface area contributed by atoms with E-state index in [-0.39, 0.29) is 26.7 Å². The van der Waals surface area contributed by atoms with E-state index in [1.807, 2.05) is 6.92 Å². The third-order valence-electron chi connectivity index (χ3n) is 2.45. The molecule has 2 rings (SSSR count). The fourth-order valence-corrected chi connectivity index (χ4v) is 2.35. The van der Waals surface area contributed by atoms with Crippen molar-refractivity contribution in [3.05, 3.63) is 44.9 Å². The fourth-order valence-electron chi connectivity index (χ4n) is 1.52. The topological polar surface area (TPSA) is 25.8 Å². The number of hydrogen-bond acceptors (Lipinski definition) is 2. The predicted molar refractivity (Wildman–Crippen MR) is 71.8 cm³/mol. The summed E-state index contributed by atoms with van der Waals surface area (Å²) in [6.45, 7) is 1.89. The Morgan fingerprint density at radius 3 is 2.28 bits per heavy atom. The summed E-state index contributed by atoms with van der Waals surface area (Å²) in [7, 11) is 0. The van der Waals surface area contributed by atoms with Crippen molar-refractivity contribution in [2.75, 3.05) is 0 Å². The zero-order chi connectivity index (χ0) is 13.3. The van der Waals surface area contributed by atoms with E-state index in [1.165, 1.54) is 12.1 Å². The van der Waals surface area contributed by atoms with Gasteiger partial charge in [-0.25, -0.2) is 14.4 Å². The molecule has 0 bridgehead atoms. The molecule has 0 spiro atoms. The zero-order valence-corrected chi connectivity index (χ0v) is 11.6. The highest BCUT2D eigenvalue weighted by atomic mass is 35.5. The van der Waals surface area contributed by atoms with Crippen LogP contribution in [0.1, 0.15) is 12.5 Å². The number of aromatic nitrogens is 2. The first-order valence-corrected chi connectivity index (χ1v) is 6.34. The highest BCUT2D eigenvalue weighted by Crippen LogP contribution is 2.29. The van der Waals surface area contributed by atoms with Gasteiger partial charge in [0, 0.05) is 5.56 Å². The number of nitrogens with zero attached hydrogens (tertiary/aromatic N) is 2. The van der Waals surface area contributed by atoms with Crippen molar-refractivity contribution in [1.82, 2.24) is 9.97 Å². The van der Waals surface area contributed by atoms with Crippen LogP contribution in [-0.4, -0.2) is 9.97 Å². The van der Waals surface area contributed by atoms with E-state index in [9.17, 15) is 4.39 Å². The second-order valence-corrected chi connectivity index (χ2v) is 4.69. The van der Waals surface area contributed by atoms with Gasteiger partial charge in [0.15, 0.2) is 11.6 Å². The van der Waals surface area contributed by atoms with Crippen LogP contribution in [0.5, 0.6) is 0 Å². The van der Waals surface area contributed by atoms with E-state index in [0.717, 1.165) is 0 Å². The minimum absolute atomic E-state index is 0.00270. The molecule has 0 aliphatic rings. The molecule has 1 aromatic carbocycles. The van der Waals surface area contributed by atoms with E-state index in [1.54, 1.807) is 6.07 Å². The highest BCUT2D eigenvalue weighted by Gasteiger charge is 2.15. The van der Waals surface area contributed by atoms with Crippen LogP contribution in [0.25, 0.3) is 11.4 Å². The third kappa shape index (κ3) is 2.44. The summed E-state index contributed by atoms with van der Waals surface area (Å²) in [4.78, 5) is 8.10. The second-order valence-electron chi connectivity index (χ2n) is 3.56. The van der Waals surface area contributed by atoms with Gasteiger partial charge in [-0.15, -0.1) is 0 Å². The van der Waals surface area contributed by atoms with Crippen LogP contribution in [0.15, 0.2) is 18.2 Å². The summed E-state index contributed by atoms with van der Waals surface area (Å²) in [6, 6.07) is 4.58. The molecule has 0 saturated heterocycles. The molecule has 2 aromatic rings. The average Bonchev–Trinajstić information content (AvgIpc) is 2.32. The van der Waals surface area contributed by atoms with Crippen molar-refractivity contribution in [1.29, 1.82) is 0 Å². The standard InChI is InChI=1S/C12H8Cl3FN2/c1-2-6-10(14)17-12(18-11(6)15)7-4-3-5-8(13)9(7)16/h3-5H,2H2,1H3. The van der Waals surface area contributed by atoms with Crippen molar-refractivity contribution in [2.45, 2.75) is 13.3 Å². The molecule has 0 radical (unpaired) electrons. The van der Waals surface area contributed by atoms with Crippen LogP contribution in [-0.2, 0) is 6.42 Å². The molecule has 0 N–H and O–H groups in total. The summed E-state index contributed by atoms with van der Waals surface area (Å²) in [6.07, 6.45) is 0.607. The molecule has 1 aromatic heterocycles. The molecule has 0 saturated carbocycles. The van der Waals surface area contributed by atoms with Crippen LogP contribution in [0.2, 0.25) is 15.3 Å². The van der Waals surface area contributed by atoms with Crippen molar-refractivity contribution in [3.63, 3.8) is 0 Å². The molecule has 94 valence electrons. The molecule has 2 nitrogen and oxygen atoms in total. The quantitative estimate of drug-likeness (QED) is 0.744. The fraction of sp³-hybridized carbons (Fsp3) is 0.167. The molecule has 0 amide bonds. The van der Waals surface area contributed by atoms with Crippen molar-refractivity contribution < 1.29 is 4.39 Å². The van der Waals surface area contributed by atoms with Crippen LogP contribution in [0.4, 0.5) is 4.39 Å². The Morgan fingerprint density at radius 2 is 1.72 bits per heavy atom. The van der Waals surface area contributed by atoms with Crippen LogP contribution < -0.4 is 0 Å². The lowest BCUT2D eigenvalue weighted by Gasteiger charge is -2.07. The minimum atomic E-state index is -0.587. The maximum Gasteiger partial charge on any atom is 0.165 e. The molecule has 0 atom stereocenters. The normalized spacial score (nSPS) is 10.7. The SMILES string of the molecule is CCc1c(Cl)nc(-c2cccc(Cl)c2F)nc1Cl. The Labute approximate surface area is 119 Å². The van der Waals surface area contributed by atoms with Gasteiger partial charge in [-0.1, -0.05) is 47.8 Å². The Bertz CT molecular complexity index is 579. The molecular formula is C12H8Cl3FN2. The maximum atomic E-state index is 13.8. The minimum Gasteiger partial charge on any atom is -0.216 e. The first-order valence-electron chi connectivity index (χ1n) is 5.21. The van der Waals surface area contributed by atoms with Gasteiger partial charge in [0.05, 0.1) is 10.6 Å². The number of halogens is 4. The monoisotopic (exact) mass is 304 g/mol. The summed E-state index contributed by atoms with van der Waals surface area (Å²) >= 11 is 17.7. The molecule has 0 aliphatic heterocycles. The van der Waals surface area contributed by atoms with Gasteiger partial charge in [0.2, 0.25) is 0 Å². The van der Waals surface area contributed by atoms with Crippen LogP contribution in [0.3, 0.4) is 0 Å². The van der Waals surface area contributed by atoms with E-state index in [4.69, 9.17) is 34.8 Å². The Balaban J connectivity index is 2.62. The summed E-state index contributed by atoms with van der Waals surface area (Å²) in [5.74, 6) is -0.460. The maximum absolute atomic E-state index is 13.8. The number of benzene rings is 1. The number of rotatable bonds is 2. The van der Waals surface area contributed by atoms with Gasteiger partial charge in [-0.2, -0.15) is 0 Å². The smallest absolute Gasteiger partial charge is 0.165 e. The third-order valence-corrected chi connectivity index (χ3v) is 3.37. The molecule has 6 heteroatoms. The van der Waals surface area contributed by atoms with E-state index in [2.05, 4.69) is 9.97 Å².